The molecule has 1 heterocycles. The Morgan fingerprint density at radius 1 is 0.969 bits per heavy atom. The Labute approximate surface area is 190 Å². The second-order valence-corrected chi connectivity index (χ2v) is 8.15. The predicted octanol–water partition coefficient (Wildman–Crippen LogP) is 5.19. The first-order valence-electron chi connectivity index (χ1n) is 9.98. The molecular weight excluding hydrogens is 424 g/mol. The van der Waals surface area contributed by atoms with Crippen LogP contribution in [-0.2, 0) is 4.79 Å². The number of thioether (sulfide) groups is 1. The first kappa shape index (κ1) is 21.5. The number of hydrogen-bond donors (Lipinski definition) is 1. The maximum Gasteiger partial charge on any atom is 0.237 e. The minimum absolute atomic E-state index is 0.138. The fourth-order valence-corrected chi connectivity index (χ4v) is 3.82. The molecule has 0 aliphatic rings. The topological polar surface area (TPSA) is 78.3 Å². The van der Waals surface area contributed by atoms with Crippen LogP contribution in [0.25, 0.3) is 5.69 Å². The van der Waals surface area contributed by atoms with Gasteiger partial charge >= 0.3 is 0 Å². The molecule has 0 aliphatic heterocycles. The molecular formula is C24H22N4O3S. The number of anilines is 1. The summed E-state index contributed by atoms with van der Waals surface area (Å²) in [6, 6.07) is 24.4. The molecule has 0 spiro atoms. The molecule has 7 nitrogen and oxygen atoms in total. The Balaban J connectivity index is 1.39. The van der Waals surface area contributed by atoms with Crippen LogP contribution in [0.15, 0.2) is 90.3 Å². The van der Waals surface area contributed by atoms with Gasteiger partial charge in [0.1, 0.15) is 23.6 Å². The second kappa shape index (κ2) is 10.0. The molecule has 1 amide bonds. The molecule has 8 heteroatoms. The van der Waals surface area contributed by atoms with Crippen LogP contribution in [0.3, 0.4) is 0 Å². The maximum atomic E-state index is 12.7. The van der Waals surface area contributed by atoms with Crippen molar-refractivity contribution in [2.75, 3.05) is 12.4 Å². The number of rotatable bonds is 8. The lowest BCUT2D eigenvalue weighted by Crippen LogP contribution is -2.22. The molecule has 162 valence electrons. The molecule has 1 N–H and O–H groups in total. The molecule has 0 bridgehead atoms. The van der Waals surface area contributed by atoms with Crippen LogP contribution in [0.5, 0.6) is 17.2 Å². The summed E-state index contributed by atoms with van der Waals surface area (Å²) >= 11 is 1.32. The van der Waals surface area contributed by atoms with E-state index in [9.17, 15) is 4.79 Å². The van der Waals surface area contributed by atoms with Crippen molar-refractivity contribution in [1.82, 2.24) is 14.8 Å². The Kier molecular flexibility index (Phi) is 6.72. The third-order valence-electron chi connectivity index (χ3n) is 4.61. The Morgan fingerprint density at radius 3 is 2.41 bits per heavy atom. The van der Waals surface area contributed by atoms with Crippen LogP contribution in [0.4, 0.5) is 5.69 Å². The van der Waals surface area contributed by atoms with Gasteiger partial charge in [-0.1, -0.05) is 42.1 Å². The van der Waals surface area contributed by atoms with E-state index in [1.165, 1.54) is 11.8 Å². The highest BCUT2D eigenvalue weighted by molar-refractivity contribution is 8.00. The van der Waals surface area contributed by atoms with Crippen molar-refractivity contribution in [2.24, 2.45) is 0 Å². The summed E-state index contributed by atoms with van der Waals surface area (Å²) in [5, 5.41) is 11.3. The van der Waals surface area contributed by atoms with E-state index >= 15 is 0 Å². The number of hydrogen-bond acceptors (Lipinski definition) is 6. The number of nitrogens with zero attached hydrogens (tertiary/aromatic N) is 3. The van der Waals surface area contributed by atoms with Gasteiger partial charge in [0.15, 0.2) is 5.16 Å². The van der Waals surface area contributed by atoms with Crippen molar-refractivity contribution in [3.63, 3.8) is 0 Å². The van der Waals surface area contributed by atoms with Gasteiger partial charge < -0.3 is 14.8 Å². The lowest BCUT2D eigenvalue weighted by atomic mass is 10.3. The largest absolute Gasteiger partial charge is 0.495 e. The molecule has 0 saturated carbocycles. The second-order valence-electron chi connectivity index (χ2n) is 6.84. The number of amides is 1. The highest BCUT2D eigenvalue weighted by atomic mass is 32.2. The fraction of sp³-hybridized carbons (Fsp3) is 0.125. The van der Waals surface area contributed by atoms with Crippen LogP contribution in [0.1, 0.15) is 6.92 Å². The van der Waals surface area contributed by atoms with E-state index in [4.69, 9.17) is 9.47 Å². The summed E-state index contributed by atoms with van der Waals surface area (Å²) < 4.78 is 13.0. The van der Waals surface area contributed by atoms with E-state index < -0.39 is 5.25 Å². The van der Waals surface area contributed by atoms with E-state index in [2.05, 4.69) is 15.5 Å². The summed E-state index contributed by atoms with van der Waals surface area (Å²) in [6.07, 6.45) is 1.61. The van der Waals surface area contributed by atoms with Gasteiger partial charge in [0.2, 0.25) is 5.91 Å². The average Bonchev–Trinajstić information content (AvgIpc) is 3.28. The van der Waals surface area contributed by atoms with Gasteiger partial charge in [-0.25, -0.2) is 0 Å². The van der Waals surface area contributed by atoms with Crippen molar-refractivity contribution in [1.29, 1.82) is 0 Å². The molecule has 32 heavy (non-hydrogen) atoms. The summed E-state index contributed by atoms with van der Waals surface area (Å²) in [7, 11) is 1.61. The summed E-state index contributed by atoms with van der Waals surface area (Å²) in [4.78, 5) is 12.7. The molecule has 4 aromatic rings. The summed E-state index contributed by atoms with van der Waals surface area (Å²) in [5.74, 6) is 2.01. The Bertz CT molecular complexity index is 1180. The van der Waals surface area contributed by atoms with Gasteiger partial charge in [-0.05, 0) is 55.5 Å². The molecule has 0 fully saturated rings. The molecule has 4 rings (SSSR count). The van der Waals surface area contributed by atoms with Crippen LogP contribution in [-0.4, -0.2) is 33.0 Å². The molecule has 0 aliphatic carbocycles. The van der Waals surface area contributed by atoms with Gasteiger partial charge in [0.25, 0.3) is 0 Å². The lowest BCUT2D eigenvalue weighted by Gasteiger charge is -2.14. The van der Waals surface area contributed by atoms with Gasteiger partial charge in [-0.3, -0.25) is 9.36 Å². The van der Waals surface area contributed by atoms with Crippen molar-refractivity contribution in [3.8, 4) is 22.9 Å². The van der Waals surface area contributed by atoms with Gasteiger partial charge in [0, 0.05) is 5.69 Å². The monoisotopic (exact) mass is 446 g/mol. The number of carbonyl (C=O) groups excluding carboxylic acids is 1. The third kappa shape index (κ3) is 5.09. The molecule has 1 atom stereocenters. The maximum absolute atomic E-state index is 12.7. The first-order valence-corrected chi connectivity index (χ1v) is 10.9. The highest BCUT2D eigenvalue weighted by Gasteiger charge is 2.19. The number of ether oxygens (including phenoxy) is 2. The quantitative estimate of drug-likeness (QED) is 0.376. The number of nitrogens with one attached hydrogen (secondary N) is 1. The molecule has 0 unspecified atom stereocenters. The SMILES string of the molecule is COc1ccccc1-n1cnnc1S[C@H](C)C(=O)Nc1ccc(Oc2ccccc2)cc1. The number of methoxy groups -OCH3 is 1. The van der Waals surface area contributed by atoms with Crippen molar-refractivity contribution in [2.45, 2.75) is 17.3 Å². The summed E-state index contributed by atoms with van der Waals surface area (Å²) in [6.45, 7) is 1.83. The Hall–Kier alpha value is -3.78. The fourth-order valence-electron chi connectivity index (χ4n) is 2.99. The minimum Gasteiger partial charge on any atom is -0.495 e. The minimum atomic E-state index is -0.395. The van der Waals surface area contributed by atoms with Crippen molar-refractivity contribution in [3.05, 3.63) is 85.2 Å². The third-order valence-corrected chi connectivity index (χ3v) is 5.67. The van der Waals surface area contributed by atoms with E-state index in [1.807, 2.05) is 90.4 Å². The Morgan fingerprint density at radius 2 is 1.66 bits per heavy atom. The van der Waals surface area contributed by atoms with Crippen LogP contribution >= 0.6 is 11.8 Å². The zero-order valence-corrected chi connectivity index (χ0v) is 18.5. The van der Waals surface area contributed by atoms with Crippen LogP contribution in [0.2, 0.25) is 0 Å². The van der Waals surface area contributed by atoms with Gasteiger partial charge in [0.05, 0.1) is 18.0 Å². The number of para-hydroxylation sites is 3. The smallest absolute Gasteiger partial charge is 0.237 e. The highest BCUT2D eigenvalue weighted by Crippen LogP contribution is 2.29. The van der Waals surface area contributed by atoms with E-state index in [0.717, 1.165) is 11.4 Å². The normalized spacial score (nSPS) is 11.6. The van der Waals surface area contributed by atoms with Crippen molar-refractivity contribution < 1.29 is 14.3 Å². The van der Waals surface area contributed by atoms with Crippen LogP contribution in [0, 0.1) is 0 Å². The predicted molar refractivity (Wildman–Crippen MR) is 125 cm³/mol. The lowest BCUT2D eigenvalue weighted by molar-refractivity contribution is -0.115. The zero-order chi connectivity index (χ0) is 22.3. The number of benzene rings is 3. The van der Waals surface area contributed by atoms with Crippen LogP contribution < -0.4 is 14.8 Å². The van der Waals surface area contributed by atoms with E-state index in [-0.39, 0.29) is 5.91 Å². The number of aromatic nitrogens is 3. The molecule has 1 aromatic heterocycles. The first-order chi connectivity index (χ1) is 15.6. The van der Waals surface area contributed by atoms with Crippen molar-refractivity contribution >= 4 is 23.4 Å². The number of carbonyl (C=O) groups is 1. The molecule has 3 aromatic carbocycles. The van der Waals surface area contributed by atoms with E-state index in [0.29, 0.717) is 22.3 Å². The molecule has 0 radical (unpaired) electrons. The average molecular weight is 447 g/mol. The standard InChI is InChI=1S/C24H22N4O3S/c1-17(32-24-27-25-16-28(24)21-10-6-7-11-22(21)30-2)23(29)26-18-12-14-20(15-13-18)31-19-8-4-3-5-9-19/h3-17H,1-2H3,(H,26,29)/t17-/m1/s1. The van der Waals surface area contributed by atoms with E-state index in [1.54, 1.807) is 13.4 Å². The van der Waals surface area contributed by atoms with Gasteiger partial charge in [-0.2, -0.15) is 0 Å². The van der Waals surface area contributed by atoms with Gasteiger partial charge in [-0.15, -0.1) is 10.2 Å². The summed E-state index contributed by atoms with van der Waals surface area (Å²) in [5.41, 5.74) is 1.50. The molecule has 0 saturated heterocycles. The zero-order valence-electron chi connectivity index (χ0n) is 17.6.